The average molecular weight is 637 g/mol. The van der Waals surface area contributed by atoms with Crippen molar-refractivity contribution >= 4 is 31.8 Å². The van der Waals surface area contributed by atoms with Crippen LogP contribution in [0.3, 0.4) is 0 Å². The third kappa shape index (κ3) is 7.15. The molecular formula is C29H31ClIrNO+. The first-order valence-corrected chi connectivity index (χ1v) is 13.7. The van der Waals surface area contributed by atoms with E-state index < -0.39 is 0 Å². The van der Waals surface area contributed by atoms with E-state index in [0.29, 0.717) is 0 Å². The Morgan fingerprint density at radius 1 is 0.758 bits per heavy atom. The summed E-state index contributed by atoms with van der Waals surface area (Å²) in [6, 6.07) is 23.5. The van der Waals surface area contributed by atoms with Crippen molar-refractivity contribution in [2.45, 2.75) is 41.5 Å². The summed E-state index contributed by atoms with van der Waals surface area (Å²) < 4.78 is 5.15. The molecule has 0 N–H and O–H groups in total. The van der Waals surface area contributed by atoms with Gasteiger partial charge in [-0.15, -0.1) is 35.2 Å². The van der Waals surface area contributed by atoms with Gasteiger partial charge in [0.05, 0.1) is 12.8 Å². The summed E-state index contributed by atoms with van der Waals surface area (Å²) in [4.78, 5) is 4.64. The van der Waals surface area contributed by atoms with E-state index in [1.807, 2.05) is 43.3 Å². The van der Waals surface area contributed by atoms with Gasteiger partial charge < -0.3 is 4.74 Å². The third-order valence-corrected chi connectivity index (χ3v) is 6.23. The molecule has 0 spiro atoms. The van der Waals surface area contributed by atoms with E-state index in [4.69, 9.17) is 4.74 Å². The van der Waals surface area contributed by atoms with Crippen molar-refractivity contribution in [3.8, 4) is 5.75 Å². The predicted molar refractivity (Wildman–Crippen MR) is 138 cm³/mol. The molecule has 33 heavy (non-hydrogen) atoms. The molecule has 0 atom stereocenters. The quantitative estimate of drug-likeness (QED) is 0.209. The average Bonchev–Trinajstić information content (AvgIpc) is 3.03. The molecule has 1 fully saturated rings. The number of nitrogens with zero attached hydrogens (tertiary/aromatic N) is 1. The van der Waals surface area contributed by atoms with Crippen molar-refractivity contribution in [1.82, 2.24) is 0 Å². The molecule has 4 heteroatoms. The molecule has 2 nitrogen and oxygen atoms in total. The molecule has 0 heterocycles. The molecule has 0 aliphatic heterocycles. The van der Waals surface area contributed by atoms with Gasteiger partial charge in [0, 0.05) is 0 Å². The molecule has 3 aromatic rings. The molecule has 173 valence electrons. The van der Waals surface area contributed by atoms with Gasteiger partial charge in [0.2, 0.25) is 0 Å². The van der Waals surface area contributed by atoms with Crippen molar-refractivity contribution < 1.29 is 22.6 Å². The second-order valence-corrected chi connectivity index (χ2v) is 7.98. The summed E-state index contributed by atoms with van der Waals surface area (Å²) >= 11 is 1.47. The van der Waals surface area contributed by atoms with Crippen LogP contribution in [-0.4, -0.2) is 12.8 Å². The van der Waals surface area contributed by atoms with Crippen molar-refractivity contribution in [2.24, 2.45) is 4.99 Å². The fraction of sp³-hybridized carbons (Fsp3) is 0.241. The number of aliphatic imine (C=N–C) groups is 1. The summed E-state index contributed by atoms with van der Waals surface area (Å²) in [5.74, 6) is 8.17. The maximum absolute atomic E-state index is 5.15. The molecule has 0 bridgehead atoms. The summed E-state index contributed by atoms with van der Waals surface area (Å²) in [6.07, 6.45) is 0. The van der Waals surface area contributed by atoms with Crippen molar-refractivity contribution in [2.75, 3.05) is 7.11 Å². The van der Waals surface area contributed by atoms with Crippen LogP contribution in [0.25, 0.3) is 10.8 Å². The zero-order valence-corrected chi connectivity index (χ0v) is 23.5. The Morgan fingerprint density at radius 2 is 1.27 bits per heavy atom. The summed E-state index contributed by atoms with van der Waals surface area (Å²) in [5.41, 5.74) is 2.88. The first kappa shape index (κ1) is 27.6. The predicted octanol–water partition coefficient (Wildman–Crippen LogP) is 8.45. The van der Waals surface area contributed by atoms with Crippen molar-refractivity contribution in [1.29, 1.82) is 0 Å². The Balaban J connectivity index is 0.000000270. The van der Waals surface area contributed by atoms with Gasteiger partial charge in [-0.05, 0) is 66.5 Å². The monoisotopic (exact) mass is 637 g/mol. The first-order valence-electron chi connectivity index (χ1n) is 10.7. The van der Waals surface area contributed by atoms with Crippen LogP contribution < -0.4 is 4.74 Å². The molecule has 0 unspecified atom stereocenters. The van der Waals surface area contributed by atoms with Gasteiger partial charge in [-0.25, -0.2) is 0 Å². The topological polar surface area (TPSA) is 21.6 Å². The second-order valence-electron chi connectivity index (χ2n) is 7.98. The van der Waals surface area contributed by atoms with Crippen LogP contribution in [0, 0.1) is 35.7 Å². The van der Waals surface area contributed by atoms with Crippen LogP contribution in [0.15, 0.2) is 65.7 Å². The minimum atomic E-state index is 0.837. The Bertz CT molecular complexity index is 988. The van der Waals surface area contributed by atoms with Crippen molar-refractivity contribution in [3.63, 3.8) is 0 Å². The van der Waals surface area contributed by atoms with Crippen LogP contribution >= 0.6 is 9.58 Å². The second kappa shape index (κ2) is 13.3. The number of ether oxygens (including phenoxy) is 1. The van der Waals surface area contributed by atoms with E-state index in [1.165, 1.54) is 52.9 Å². The van der Waals surface area contributed by atoms with Crippen LogP contribution in [0.2, 0.25) is 0 Å². The zero-order valence-electron chi connectivity index (χ0n) is 20.3. The summed E-state index contributed by atoms with van der Waals surface area (Å²) in [5, 5.41) is 2.30. The third-order valence-electron chi connectivity index (χ3n) is 6.23. The minimum absolute atomic E-state index is 0.837. The number of benzene rings is 3. The van der Waals surface area contributed by atoms with Gasteiger partial charge in [-0.3, -0.25) is 4.99 Å². The van der Waals surface area contributed by atoms with E-state index in [9.17, 15) is 0 Å². The van der Waals surface area contributed by atoms with Crippen LogP contribution in [-0.2, 0) is 17.9 Å². The number of rotatable bonds is 3. The molecule has 1 aliphatic carbocycles. The summed E-state index contributed by atoms with van der Waals surface area (Å²) in [6.45, 7) is 13.0. The normalized spacial score (nSPS) is 16.2. The fourth-order valence-corrected chi connectivity index (χ4v) is 3.64. The van der Waals surface area contributed by atoms with E-state index in [1.54, 1.807) is 7.11 Å². The molecule has 0 saturated heterocycles. The standard InChI is InChI=1S/C19H16NO.C10H15.ClH.Ir/c1-14(20-18-9-11-19(21-2)12-10-18)16-8-7-15-5-3-4-6-17(15)13-16;1-6-7(2)9(4)10(5)8(6)3;;/h3-12H,1-2H3;1-5H3;1H;/q-1;;;+3/p-1. The Labute approximate surface area is 215 Å². The van der Waals surface area contributed by atoms with Gasteiger partial charge in [0.1, 0.15) is 5.75 Å². The SMILES string of the molecule is COc1ccc(N=C(C)c2[c-]c3ccccc3cc2)cc1.C[C]1[C](C)[C](C)[C](C)[C]1C.[Cl][Ir+2]. The van der Waals surface area contributed by atoms with Crippen molar-refractivity contribution in [3.05, 3.63) is 102 Å². The molecule has 1 saturated carbocycles. The molecular weight excluding hydrogens is 606 g/mol. The van der Waals surface area contributed by atoms with E-state index in [2.05, 4.69) is 79.5 Å². The molecule has 0 aromatic heterocycles. The van der Waals surface area contributed by atoms with Gasteiger partial charge in [0.25, 0.3) is 0 Å². The number of hydrogen-bond donors (Lipinski definition) is 0. The maximum atomic E-state index is 5.15. The van der Waals surface area contributed by atoms with Crippen LogP contribution in [0.5, 0.6) is 5.75 Å². The van der Waals surface area contributed by atoms with E-state index in [-0.39, 0.29) is 0 Å². The first-order chi connectivity index (χ1) is 15.8. The van der Waals surface area contributed by atoms with E-state index in [0.717, 1.165) is 28.1 Å². The van der Waals surface area contributed by atoms with Crippen LogP contribution in [0.4, 0.5) is 5.69 Å². The Morgan fingerprint density at radius 3 is 1.79 bits per heavy atom. The number of fused-ring (bicyclic) bond motifs is 1. The number of methoxy groups -OCH3 is 1. The fourth-order valence-electron chi connectivity index (χ4n) is 3.64. The molecule has 5 radical (unpaired) electrons. The van der Waals surface area contributed by atoms with Gasteiger partial charge >= 0.3 is 27.5 Å². The Hall–Kier alpha value is -1.67. The Kier molecular flexibility index (Phi) is 11.1. The van der Waals surface area contributed by atoms with Gasteiger partial charge in [-0.2, -0.15) is 0 Å². The molecule has 1 aliphatic rings. The van der Waals surface area contributed by atoms with Gasteiger partial charge in [-0.1, -0.05) is 58.2 Å². The number of hydrogen-bond acceptors (Lipinski definition) is 2. The number of halogens is 1. The molecule has 0 amide bonds. The van der Waals surface area contributed by atoms with E-state index >= 15 is 0 Å². The zero-order chi connectivity index (χ0) is 24.5. The van der Waals surface area contributed by atoms with Gasteiger partial charge in [0.15, 0.2) is 0 Å². The van der Waals surface area contributed by atoms with Crippen LogP contribution in [0.1, 0.15) is 47.1 Å². The molecule has 4 rings (SSSR count). The summed E-state index contributed by atoms with van der Waals surface area (Å²) in [7, 11) is 6.30. The molecule has 3 aromatic carbocycles.